The van der Waals surface area contributed by atoms with E-state index >= 15 is 0 Å². The van der Waals surface area contributed by atoms with Crippen LogP contribution in [0.1, 0.15) is 23.5 Å². The molecule has 5 rings (SSSR count). The van der Waals surface area contributed by atoms with Crippen LogP contribution >= 0.6 is 0 Å². The lowest BCUT2D eigenvalue weighted by Gasteiger charge is -2.28. The standard InChI is InChI=1S/C17H17N5O/c1-3-13(4-2-11(1)12-5-6-18-9-12)22-7-8-23-17-14-15(19-10-20-17)21-16(14)22/h1-4,10,12,18H,5-9H2. The van der Waals surface area contributed by atoms with Crippen LogP contribution in [0, 0.1) is 0 Å². The highest BCUT2D eigenvalue weighted by Crippen LogP contribution is 2.38. The first-order valence-electron chi connectivity index (χ1n) is 8.05. The summed E-state index contributed by atoms with van der Waals surface area (Å²) in [6, 6.07) is 8.84. The van der Waals surface area contributed by atoms with Gasteiger partial charge in [-0.05, 0) is 36.6 Å². The quantitative estimate of drug-likeness (QED) is 0.917. The Hall–Kier alpha value is -2.47. The molecule has 1 aromatic heterocycles. The first-order chi connectivity index (χ1) is 11.4. The molecule has 0 spiro atoms. The number of aliphatic imine (C=N–C) groups is 1. The van der Waals surface area contributed by atoms with Gasteiger partial charge in [-0.15, -0.1) is 0 Å². The lowest BCUT2D eigenvalue weighted by molar-refractivity contribution is 0.319. The van der Waals surface area contributed by atoms with E-state index in [2.05, 4.69) is 49.4 Å². The van der Waals surface area contributed by atoms with Crippen molar-refractivity contribution >= 4 is 17.3 Å². The molecular weight excluding hydrogens is 290 g/mol. The Morgan fingerprint density at radius 1 is 1.17 bits per heavy atom. The molecule has 0 amide bonds. The minimum Gasteiger partial charge on any atom is -0.475 e. The van der Waals surface area contributed by atoms with Crippen LogP contribution in [0.4, 0.5) is 11.5 Å². The highest BCUT2D eigenvalue weighted by Gasteiger charge is 2.33. The Morgan fingerprint density at radius 3 is 2.91 bits per heavy atom. The molecule has 0 saturated carbocycles. The third-order valence-corrected chi connectivity index (χ3v) is 4.77. The fourth-order valence-electron chi connectivity index (χ4n) is 3.51. The topological polar surface area (TPSA) is 62.6 Å². The average Bonchev–Trinajstić information content (AvgIpc) is 3.03. The third-order valence-electron chi connectivity index (χ3n) is 4.77. The van der Waals surface area contributed by atoms with Gasteiger partial charge in [0.1, 0.15) is 18.5 Å². The van der Waals surface area contributed by atoms with Crippen molar-refractivity contribution in [1.29, 1.82) is 0 Å². The van der Waals surface area contributed by atoms with Crippen molar-refractivity contribution in [1.82, 2.24) is 15.3 Å². The van der Waals surface area contributed by atoms with Gasteiger partial charge in [0, 0.05) is 12.2 Å². The summed E-state index contributed by atoms with van der Waals surface area (Å²) in [5.74, 6) is 2.93. The minimum atomic E-state index is 0.594. The second kappa shape index (κ2) is 5.03. The summed E-state index contributed by atoms with van der Waals surface area (Å²) in [5, 5.41) is 3.42. The smallest absolute Gasteiger partial charge is 0.230 e. The fraction of sp³-hybridized carbons (Fsp3) is 0.353. The SMILES string of the molecule is c1nc2c3c(n1)OCCN(c1ccc(C4CCNC4)cc1)C3=N2. The van der Waals surface area contributed by atoms with Gasteiger partial charge < -0.3 is 15.0 Å². The lowest BCUT2D eigenvalue weighted by atomic mass is 9.98. The zero-order valence-corrected chi connectivity index (χ0v) is 12.7. The van der Waals surface area contributed by atoms with Crippen LogP contribution in [0.5, 0.6) is 5.88 Å². The molecule has 0 radical (unpaired) electrons. The molecule has 4 heterocycles. The van der Waals surface area contributed by atoms with Crippen LogP contribution in [-0.2, 0) is 0 Å². The average molecular weight is 307 g/mol. The zero-order chi connectivity index (χ0) is 15.2. The number of hydrogen-bond acceptors (Lipinski definition) is 6. The number of amidine groups is 1. The molecule has 1 unspecified atom stereocenters. The van der Waals surface area contributed by atoms with Gasteiger partial charge >= 0.3 is 0 Å². The van der Waals surface area contributed by atoms with Gasteiger partial charge in [0.2, 0.25) is 5.88 Å². The summed E-state index contributed by atoms with van der Waals surface area (Å²) >= 11 is 0. The summed E-state index contributed by atoms with van der Waals surface area (Å²) in [5.41, 5.74) is 3.49. The Kier molecular flexibility index (Phi) is 2.84. The highest BCUT2D eigenvalue weighted by atomic mass is 16.5. The van der Waals surface area contributed by atoms with E-state index in [1.807, 2.05) is 0 Å². The summed E-state index contributed by atoms with van der Waals surface area (Å²) in [4.78, 5) is 15.1. The molecule has 3 aliphatic rings. The maximum Gasteiger partial charge on any atom is 0.230 e. The van der Waals surface area contributed by atoms with Crippen LogP contribution in [0.3, 0.4) is 0 Å². The molecule has 1 atom stereocenters. The van der Waals surface area contributed by atoms with Crippen LogP contribution in [0.15, 0.2) is 35.6 Å². The Labute approximate surface area is 134 Å². The molecular formula is C17H17N5O. The first kappa shape index (κ1) is 13.0. The van der Waals surface area contributed by atoms with E-state index in [9.17, 15) is 0 Å². The van der Waals surface area contributed by atoms with Crippen LogP contribution in [-0.4, -0.2) is 42.0 Å². The van der Waals surface area contributed by atoms with Crippen molar-refractivity contribution in [2.75, 3.05) is 31.1 Å². The number of hydrogen-bond donors (Lipinski definition) is 1. The normalized spacial score (nSPS) is 21.8. The van der Waals surface area contributed by atoms with E-state index in [-0.39, 0.29) is 0 Å². The highest BCUT2D eigenvalue weighted by molar-refractivity contribution is 6.20. The fourth-order valence-corrected chi connectivity index (χ4v) is 3.51. The molecule has 1 aromatic carbocycles. The van der Waals surface area contributed by atoms with Crippen molar-refractivity contribution in [3.05, 3.63) is 41.7 Å². The van der Waals surface area contributed by atoms with E-state index in [1.54, 1.807) is 0 Å². The number of ether oxygens (including phenoxy) is 1. The van der Waals surface area contributed by atoms with Gasteiger partial charge in [-0.25, -0.2) is 15.0 Å². The van der Waals surface area contributed by atoms with Gasteiger partial charge in [-0.2, -0.15) is 0 Å². The van der Waals surface area contributed by atoms with Crippen LogP contribution in [0.25, 0.3) is 0 Å². The second-order valence-electron chi connectivity index (χ2n) is 6.09. The number of aromatic nitrogens is 2. The van der Waals surface area contributed by atoms with Crippen LogP contribution in [0.2, 0.25) is 0 Å². The van der Waals surface area contributed by atoms with Crippen molar-refractivity contribution in [2.45, 2.75) is 12.3 Å². The monoisotopic (exact) mass is 307 g/mol. The summed E-state index contributed by atoms with van der Waals surface area (Å²) in [6.07, 6.45) is 2.73. The van der Waals surface area contributed by atoms with E-state index in [0.717, 1.165) is 42.5 Å². The van der Waals surface area contributed by atoms with E-state index in [4.69, 9.17) is 4.74 Å². The molecule has 1 N–H and O–H groups in total. The molecule has 23 heavy (non-hydrogen) atoms. The maximum atomic E-state index is 5.73. The molecule has 1 fully saturated rings. The third kappa shape index (κ3) is 2.02. The van der Waals surface area contributed by atoms with E-state index in [1.165, 1.54) is 18.3 Å². The summed E-state index contributed by atoms with van der Waals surface area (Å²) in [7, 11) is 0. The van der Waals surface area contributed by atoms with Crippen molar-refractivity contribution in [3.63, 3.8) is 0 Å². The molecule has 3 aliphatic heterocycles. The molecule has 6 nitrogen and oxygen atoms in total. The van der Waals surface area contributed by atoms with Crippen molar-refractivity contribution in [2.24, 2.45) is 4.99 Å². The van der Waals surface area contributed by atoms with Gasteiger partial charge in [0.25, 0.3) is 0 Å². The molecule has 6 heteroatoms. The molecule has 0 bridgehead atoms. The maximum absolute atomic E-state index is 5.73. The van der Waals surface area contributed by atoms with E-state index < -0.39 is 0 Å². The number of nitrogens with one attached hydrogen (secondary N) is 1. The number of nitrogens with zero attached hydrogens (tertiary/aromatic N) is 4. The molecule has 0 aliphatic carbocycles. The Morgan fingerprint density at radius 2 is 2.09 bits per heavy atom. The number of benzene rings is 1. The van der Waals surface area contributed by atoms with E-state index in [0.29, 0.717) is 18.4 Å². The van der Waals surface area contributed by atoms with Gasteiger partial charge in [0.15, 0.2) is 11.7 Å². The lowest BCUT2D eigenvalue weighted by Crippen LogP contribution is -2.35. The second-order valence-corrected chi connectivity index (χ2v) is 6.09. The Bertz CT molecular complexity index is 780. The van der Waals surface area contributed by atoms with Gasteiger partial charge in [-0.1, -0.05) is 12.1 Å². The van der Waals surface area contributed by atoms with Crippen molar-refractivity contribution < 1.29 is 4.74 Å². The number of rotatable bonds is 2. The Balaban J connectivity index is 1.46. The summed E-state index contributed by atoms with van der Waals surface area (Å²) in [6.45, 7) is 3.56. The molecule has 2 aromatic rings. The molecule has 1 saturated heterocycles. The van der Waals surface area contributed by atoms with Crippen LogP contribution < -0.4 is 15.0 Å². The van der Waals surface area contributed by atoms with Gasteiger partial charge in [-0.3, -0.25) is 0 Å². The minimum absolute atomic E-state index is 0.594. The largest absolute Gasteiger partial charge is 0.475 e. The zero-order valence-electron chi connectivity index (χ0n) is 12.7. The number of anilines is 1. The molecule has 116 valence electrons. The van der Waals surface area contributed by atoms with Crippen molar-refractivity contribution in [3.8, 4) is 5.88 Å². The van der Waals surface area contributed by atoms with Gasteiger partial charge in [0.05, 0.1) is 6.54 Å². The summed E-state index contributed by atoms with van der Waals surface area (Å²) < 4.78 is 5.73. The predicted molar refractivity (Wildman–Crippen MR) is 87.7 cm³/mol. The first-order valence-corrected chi connectivity index (χ1v) is 8.05. The predicted octanol–water partition coefficient (Wildman–Crippen LogP) is 1.84.